The zero-order chi connectivity index (χ0) is 20.1. The van der Waals surface area contributed by atoms with E-state index < -0.39 is 30.4 Å². The van der Waals surface area contributed by atoms with E-state index in [4.69, 9.17) is 4.74 Å². The minimum absolute atomic E-state index is 0.0616. The van der Waals surface area contributed by atoms with Gasteiger partial charge in [-0.1, -0.05) is 0 Å². The highest BCUT2D eigenvalue weighted by Crippen LogP contribution is 2.23. The predicted molar refractivity (Wildman–Crippen MR) is 96.2 cm³/mol. The molecule has 0 atom stereocenters. The number of aryl methyl sites for hydroxylation is 1. The molecule has 0 aliphatic rings. The average molecular weight is 394 g/mol. The fraction of sp³-hybridized carbons (Fsp3) is 0.294. The molecule has 144 valence electrons. The summed E-state index contributed by atoms with van der Waals surface area (Å²) in [5, 5.41) is 4.10. The summed E-state index contributed by atoms with van der Waals surface area (Å²) < 4.78 is 14.3. The van der Waals surface area contributed by atoms with E-state index in [9.17, 15) is 19.2 Å². The summed E-state index contributed by atoms with van der Waals surface area (Å²) in [6.45, 7) is 2.62. The van der Waals surface area contributed by atoms with Gasteiger partial charge in [0, 0.05) is 5.69 Å². The molecule has 10 heteroatoms. The molecule has 2 N–H and O–H groups in total. The SMILES string of the molecule is COC(=O)c1sccc1NC(=O)COC(=O)c1[nH]c(C)c(C(=O)OC)c1C. The van der Waals surface area contributed by atoms with E-state index in [2.05, 4.69) is 19.8 Å². The van der Waals surface area contributed by atoms with Crippen molar-refractivity contribution in [1.82, 2.24) is 4.98 Å². The van der Waals surface area contributed by atoms with Gasteiger partial charge in [-0.2, -0.15) is 0 Å². The van der Waals surface area contributed by atoms with Crippen molar-refractivity contribution >= 4 is 40.8 Å². The molecule has 2 aromatic rings. The Morgan fingerprint density at radius 1 is 1.07 bits per heavy atom. The quantitative estimate of drug-likeness (QED) is 0.568. The summed E-state index contributed by atoms with van der Waals surface area (Å²) in [4.78, 5) is 50.5. The maximum Gasteiger partial charge on any atom is 0.355 e. The Balaban J connectivity index is 2.02. The molecule has 9 nitrogen and oxygen atoms in total. The first-order valence-electron chi connectivity index (χ1n) is 7.70. The Morgan fingerprint density at radius 3 is 2.37 bits per heavy atom. The van der Waals surface area contributed by atoms with Crippen LogP contribution in [0.3, 0.4) is 0 Å². The highest BCUT2D eigenvalue weighted by Gasteiger charge is 2.24. The number of hydrogen-bond acceptors (Lipinski definition) is 8. The smallest absolute Gasteiger partial charge is 0.355 e. The molecule has 0 aliphatic carbocycles. The normalized spacial score (nSPS) is 10.2. The van der Waals surface area contributed by atoms with E-state index >= 15 is 0 Å². The second-order valence-corrected chi connectivity index (χ2v) is 6.31. The van der Waals surface area contributed by atoms with E-state index in [-0.39, 0.29) is 21.8 Å². The first kappa shape index (κ1) is 20.2. The number of esters is 3. The van der Waals surface area contributed by atoms with Gasteiger partial charge in [0.1, 0.15) is 10.6 Å². The average Bonchev–Trinajstić information content (AvgIpc) is 3.22. The number of carbonyl (C=O) groups is 4. The summed E-state index contributed by atoms with van der Waals surface area (Å²) >= 11 is 1.11. The van der Waals surface area contributed by atoms with Gasteiger partial charge in [0.15, 0.2) is 6.61 Å². The molecule has 0 radical (unpaired) electrons. The molecule has 0 unspecified atom stereocenters. The number of anilines is 1. The van der Waals surface area contributed by atoms with E-state index in [1.807, 2.05) is 0 Å². The number of aromatic amines is 1. The fourth-order valence-electron chi connectivity index (χ4n) is 2.41. The van der Waals surface area contributed by atoms with Crippen LogP contribution in [0, 0.1) is 13.8 Å². The van der Waals surface area contributed by atoms with Gasteiger partial charge in [-0.05, 0) is 30.9 Å². The van der Waals surface area contributed by atoms with Crippen LogP contribution < -0.4 is 5.32 Å². The Bertz CT molecular complexity index is 897. The molecule has 0 aliphatic heterocycles. The number of nitrogens with one attached hydrogen (secondary N) is 2. The molecular weight excluding hydrogens is 376 g/mol. The number of aromatic nitrogens is 1. The van der Waals surface area contributed by atoms with E-state index in [1.165, 1.54) is 20.3 Å². The number of H-pyrrole nitrogens is 1. The minimum Gasteiger partial charge on any atom is -0.465 e. The van der Waals surface area contributed by atoms with Crippen molar-refractivity contribution in [1.29, 1.82) is 0 Å². The highest BCUT2D eigenvalue weighted by molar-refractivity contribution is 7.12. The van der Waals surface area contributed by atoms with Crippen LogP contribution in [0.5, 0.6) is 0 Å². The van der Waals surface area contributed by atoms with Crippen molar-refractivity contribution < 1.29 is 33.4 Å². The lowest BCUT2D eigenvalue weighted by Crippen LogP contribution is -2.22. The Labute approximate surface area is 158 Å². The summed E-state index contributed by atoms with van der Waals surface area (Å²) in [7, 11) is 2.47. The zero-order valence-corrected chi connectivity index (χ0v) is 15.9. The van der Waals surface area contributed by atoms with Gasteiger partial charge in [-0.25, -0.2) is 14.4 Å². The van der Waals surface area contributed by atoms with Gasteiger partial charge in [-0.3, -0.25) is 4.79 Å². The summed E-state index contributed by atoms with van der Waals surface area (Å²) in [5.74, 6) is -2.57. The molecule has 1 amide bonds. The third-order valence-electron chi connectivity index (χ3n) is 3.68. The van der Waals surface area contributed by atoms with Crippen LogP contribution in [0.25, 0.3) is 0 Å². The zero-order valence-electron chi connectivity index (χ0n) is 15.1. The van der Waals surface area contributed by atoms with Crippen molar-refractivity contribution in [3.8, 4) is 0 Å². The number of amides is 1. The van der Waals surface area contributed by atoms with Crippen LogP contribution in [-0.2, 0) is 19.0 Å². The fourth-order valence-corrected chi connectivity index (χ4v) is 3.18. The van der Waals surface area contributed by atoms with Crippen LogP contribution in [0.15, 0.2) is 11.4 Å². The van der Waals surface area contributed by atoms with Crippen molar-refractivity contribution in [2.45, 2.75) is 13.8 Å². The van der Waals surface area contributed by atoms with Gasteiger partial charge in [0.25, 0.3) is 5.91 Å². The van der Waals surface area contributed by atoms with Crippen molar-refractivity contribution in [3.05, 3.63) is 38.8 Å². The molecule has 2 heterocycles. The number of rotatable bonds is 6. The van der Waals surface area contributed by atoms with Crippen LogP contribution in [0.4, 0.5) is 5.69 Å². The molecular formula is C17H18N2O7S. The molecule has 27 heavy (non-hydrogen) atoms. The Kier molecular flexibility index (Phi) is 6.35. The molecule has 0 fully saturated rings. The van der Waals surface area contributed by atoms with E-state index in [0.717, 1.165) is 11.3 Å². The van der Waals surface area contributed by atoms with Crippen molar-refractivity contribution in [2.24, 2.45) is 0 Å². The second-order valence-electron chi connectivity index (χ2n) is 5.40. The Hall–Kier alpha value is -3.14. The Morgan fingerprint density at radius 2 is 1.74 bits per heavy atom. The topological polar surface area (TPSA) is 124 Å². The lowest BCUT2D eigenvalue weighted by Gasteiger charge is -2.07. The van der Waals surface area contributed by atoms with Gasteiger partial charge in [-0.15, -0.1) is 11.3 Å². The predicted octanol–water partition coefficient (Wildman–Crippen LogP) is 2.06. The van der Waals surface area contributed by atoms with Gasteiger partial charge < -0.3 is 24.5 Å². The summed E-state index contributed by atoms with van der Waals surface area (Å²) in [6.07, 6.45) is 0. The van der Waals surface area contributed by atoms with Crippen LogP contribution in [0.1, 0.15) is 41.8 Å². The number of ether oxygens (including phenoxy) is 3. The number of carbonyl (C=O) groups excluding carboxylic acids is 4. The molecule has 0 saturated carbocycles. The van der Waals surface area contributed by atoms with Crippen molar-refractivity contribution in [3.63, 3.8) is 0 Å². The first-order valence-corrected chi connectivity index (χ1v) is 8.58. The maximum atomic E-state index is 12.2. The third-order valence-corrected chi connectivity index (χ3v) is 4.57. The molecule has 0 aromatic carbocycles. The molecule has 2 aromatic heterocycles. The number of methoxy groups -OCH3 is 2. The minimum atomic E-state index is -0.792. The first-order chi connectivity index (χ1) is 12.8. The highest BCUT2D eigenvalue weighted by atomic mass is 32.1. The largest absolute Gasteiger partial charge is 0.465 e. The standard InChI is InChI=1S/C17H18N2O7S/c1-8-12(15(21)24-3)9(2)18-13(8)16(22)26-7-11(20)19-10-5-6-27-14(10)17(23)25-4/h5-6,18H,7H2,1-4H3,(H,19,20). The molecule has 0 bridgehead atoms. The third kappa shape index (κ3) is 4.34. The maximum absolute atomic E-state index is 12.2. The van der Waals surface area contributed by atoms with Crippen LogP contribution >= 0.6 is 11.3 Å². The monoisotopic (exact) mass is 394 g/mol. The van der Waals surface area contributed by atoms with Crippen LogP contribution in [-0.4, -0.2) is 49.6 Å². The van der Waals surface area contributed by atoms with E-state index in [1.54, 1.807) is 19.2 Å². The van der Waals surface area contributed by atoms with E-state index in [0.29, 0.717) is 11.3 Å². The summed E-state index contributed by atoms with van der Waals surface area (Å²) in [5.41, 5.74) is 1.40. The molecule has 0 saturated heterocycles. The number of thiophene rings is 1. The van der Waals surface area contributed by atoms with Crippen molar-refractivity contribution in [2.75, 3.05) is 26.1 Å². The van der Waals surface area contributed by atoms with Gasteiger partial charge in [0.05, 0.1) is 25.5 Å². The summed E-state index contributed by atoms with van der Waals surface area (Å²) in [6, 6.07) is 1.54. The lowest BCUT2D eigenvalue weighted by molar-refractivity contribution is -0.119. The van der Waals surface area contributed by atoms with Gasteiger partial charge >= 0.3 is 17.9 Å². The number of hydrogen-bond donors (Lipinski definition) is 2. The lowest BCUT2D eigenvalue weighted by atomic mass is 10.1. The van der Waals surface area contributed by atoms with Gasteiger partial charge in [0.2, 0.25) is 0 Å². The van der Waals surface area contributed by atoms with Crippen LogP contribution in [0.2, 0.25) is 0 Å². The molecule has 0 spiro atoms. The second kappa shape index (κ2) is 8.49. The molecule has 2 rings (SSSR count).